The number of halogens is 5. The highest BCUT2D eigenvalue weighted by atomic mass is 79.9. The molecule has 6 heteroatoms. The summed E-state index contributed by atoms with van der Waals surface area (Å²) in [5.41, 5.74) is 0.983. The monoisotopic (exact) mass is 364 g/mol. The maximum atomic E-state index is 13.7. The number of hydrogen-bond acceptors (Lipinski definition) is 1. The number of rotatable bonds is 4. The molecule has 0 heterocycles. The standard InChI is InChI=1S/C14H9BrClF3O/c15-6-9-4-12(18)14(13(19)5-9)20-7-8-1-2-11(17)10(16)3-8/h1-5H,6-7H2. The highest BCUT2D eigenvalue weighted by molar-refractivity contribution is 9.08. The smallest absolute Gasteiger partial charge is 0.191 e. The maximum absolute atomic E-state index is 13.7. The van der Waals surface area contributed by atoms with Crippen molar-refractivity contribution in [1.29, 1.82) is 0 Å². The summed E-state index contributed by atoms with van der Waals surface area (Å²) < 4.78 is 45.4. The van der Waals surface area contributed by atoms with Crippen molar-refractivity contribution in [3.8, 4) is 5.75 Å². The number of alkyl halides is 1. The van der Waals surface area contributed by atoms with E-state index in [2.05, 4.69) is 15.9 Å². The first-order valence-electron chi connectivity index (χ1n) is 5.62. The van der Waals surface area contributed by atoms with Gasteiger partial charge in [-0.3, -0.25) is 0 Å². The van der Waals surface area contributed by atoms with E-state index in [9.17, 15) is 13.2 Å². The van der Waals surface area contributed by atoms with Crippen LogP contribution in [0.2, 0.25) is 5.02 Å². The normalized spacial score (nSPS) is 10.7. The molecule has 0 aliphatic carbocycles. The minimum Gasteiger partial charge on any atom is -0.483 e. The fourth-order valence-electron chi connectivity index (χ4n) is 1.61. The molecule has 0 N–H and O–H groups in total. The van der Waals surface area contributed by atoms with E-state index in [1.54, 1.807) is 0 Å². The van der Waals surface area contributed by atoms with Crippen molar-refractivity contribution in [2.24, 2.45) is 0 Å². The zero-order chi connectivity index (χ0) is 14.7. The fourth-order valence-corrected chi connectivity index (χ4v) is 2.14. The van der Waals surface area contributed by atoms with Crippen molar-refractivity contribution in [3.63, 3.8) is 0 Å². The molecule has 0 saturated carbocycles. The van der Waals surface area contributed by atoms with Crippen LogP contribution in [0.3, 0.4) is 0 Å². The highest BCUT2D eigenvalue weighted by Crippen LogP contribution is 2.26. The molecule has 1 nitrogen and oxygen atoms in total. The van der Waals surface area contributed by atoms with Crippen LogP contribution in [-0.4, -0.2) is 0 Å². The van der Waals surface area contributed by atoms with Crippen molar-refractivity contribution in [2.75, 3.05) is 0 Å². The van der Waals surface area contributed by atoms with Gasteiger partial charge in [0.25, 0.3) is 0 Å². The predicted molar refractivity (Wildman–Crippen MR) is 74.7 cm³/mol. The van der Waals surface area contributed by atoms with Gasteiger partial charge < -0.3 is 4.74 Å². The molecule has 0 spiro atoms. The third-order valence-electron chi connectivity index (χ3n) is 2.58. The Bertz CT molecular complexity index is 611. The first-order valence-corrected chi connectivity index (χ1v) is 7.12. The summed E-state index contributed by atoms with van der Waals surface area (Å²) in [6, 6.07) is 6.32. The second-order valence-corrected chi connectivity index (χ2v) is 5.03. The van der Waals surface area contributed by atoms with Crippen LogP contribution >= 0.6 is 27.5 Å². The van der Waals surface area contributed by atoms with Crippen molar-refractivity contribution in [1.82, 2.24) is 0 Å². The lowest BCUT2D eigenvalue weighted by molar-refractivity contribution is 0.274. The van der Waals surface area contributed by atoms with Crippen molar-refractivity contribution >= 4 is 27.5 Å². The van der Waals surface area contributed by atoms with E-state index in [1.165, 1.54) is 30.3 Å². The van der Waals surface area contributed by atoms with Gasteiger partial charge in [0, 0.05) is 5.33 Å². The Hall–Kier alpha value is -1.20. The van der Waals surface area contributed by atoms with E-state index in [1.807, 2.05) is 0 Å². The molecule has 0 unspecified atom stereocenters. The van der Waals surface area contributed by atoms with E-state index >= 15 is 0 Å². The van der Waals surface area contributed by atoms with Crippen molar-refractivity contribution < 1.29 is 17.9 Å². The van der Waals surface area contributed by atoms with Gasteiger partial charge in [-0.15, -0.1) is 0 Å². The van der Waals surface area contributed by atoms with Crippen LogP contribution in [0.15, 0.2) is 30.3 Å². The van der Waals surface area contributed by atoms with E-state index in [0.717, 1.165) is 0 Å². The molecule has 2 aromatic rings. The molecule has 106 valence electrons. The summed E-state index contributed by atoms with van der Waals surface area (Å²) in [7, 11) is 0. The van der Waals surface area contributed by atoms with E-state index in [4.69, 9.17) is 16.3 Å². The van der Waals surface area contributed by atoms with Gasteiger partial charge in [0.05, 0.1) is 5.02 Å². The lowest BCUT2D eigenvalue weighted by Crippen LogP contribution is -2.01. The molecular formula is C14H9BrClF3O. The molecule has 2 aromatic carbocycles. The first-order chi connectivity index (χ1) is 9.51. The second kappa shape index (κ2) is 6.50. The van der Waals surface area contributed by atoms with Gasteiger partial charge in [0.1, 0.15) is 12.4 Å². The Labute approximate surface area is 127 Å². The molecule has 2 rings (SSSR count). The van der Waals surface area contributed by atoms with E-state index in [0.29, 0.717) is 16.5 Å². The van der Waals surface area contributed by atoms with Crippen molar-refractivity contribution in [3.05, 3.63) is 63.9 Å². The predicted octanol–water partition coefficient (Wildman–Crippen LogP) is 5.23. The Morgan fingerprint density at radius 1 is 0.950 bits per heavy atom. The molecular weight excluding hydrogens is 357 g/mol. The Morgan fingerprint density at radius 2 is 1.60 bits per heavy atom. The zero-order valence-corrected chi connectivity index (χ0v) is 12.4. The van der Waals surface area contributed by atoms with Crippen molar-refractivity contribution in [2.45, 2.75) is 11.9 Å². The van der Waals surface area contributed by atoms with Gasteiger partial charge in [-0.05, 0) is 35.4 Å². The molecule has 20 heavy (non-hydrogen) atoms. The molecule has 0 atom stereocenters. The molecule has 0 saturated heterocycles. The number of ether oxygens (including phenoxy) is 1. The summed E-state index contributed by atoms with van der Waals surface area (Å²) in [4.78, 5) is 0. The molecule has 0 aromatic heterocycles. The average molecular weight is 366 g/mol. The summed E-state index contributed by atoms with van der Waals surface area (Å²) in [6.07, 6.45) is 0. The summed E-state index contributed by atoms with van der Waals surface area (Å²) in [6.45, 7) is -0.110. The van der Waals surface area contributed by atoms with Gasteiger partial charge in [0.2, 0.25) is 0 Å². The summed E-state index contributed by atoms with van der Waals surface area (Å²) >= 11 is 8.73. The number of benzene rings is 2. The average Bonchev–Trinajstić information content (AvgIpc) is 2.41. The topological polar surface area (TPSA) is 9.23 Å². The Morgan fingerprint density at radius 3 is 2.15 bits per heavy atom. The third kappa shape index (κ3) is 3.46. The minimum absolute atomic E-state index is 0.0679. The summed E-state index contributed by atoms with van der Waals surface area (Å²) in [5.74, 6) is -2.59. The molecule has 0 radical (unpaired) electrons. The Balaban J connectivity index is 2.16. The molecule has 0 bridgehead atoms. The van der Waals surface area contributed by atoms with Gasteiger partial charge >= 0.3 is 0 Å². The second-order valence-electron chi connectivity index (χ2n) is 4.06. The first kappa shape index (κ1) is 15.2. The Kier molecular flexibility index (Phi) is 4.94. The fraction of sp³-hybridized carbons (Fsp3) is 0.143. The van der Waals surface area contributed by atoms with Crippen LogP contribution in [0.25, 0.3) is 0 Å². The zero-order valence-electron chi connectivity index (χ0n) is 10.1. The number of hydrogen-bond donors (Lipinski definition) is 0. The molecule has 0 aliphatic rings. The quantitative estimate of drug-likeness (QED) is 0.674. The maximum Gasteiger partial charge on any atom is 0.191 e. The molecule has 0 aliphatic heterocycles. The van der Waals surface area contributed by atoms with E-state index in [-0.39, 0.29) is 11.6 Å². The van der Waals surface area contributed by atoms with Crippen LogP contribution in [0.4, 0.5) is 13.2 Å². The van der Waals surface area contributed by atoms with Gasteiger partial charge in [-0.1, -0.05) is 33.6 Å². The SMILES string of the molecule is Fc1ccc(COc2c(F)cc(CBr)cc2F)cc1Cl. The summed E-state index contributed by atoms with van der Waals surface area (Å²) in [5, 5.41) is 0.274. The van der Waals surface area contributed by atoms with Crippen LogP contribution in [0.5, 0.6) is 5.75 Å². The van der Waals surface area contributed by atoms with Crippen LogP contribution < -0.4 is 4.74 Å². The lowest BCUT2D eigenvalue weighted by atomic mass is 10.2. The van der Waals surface area contributed by atoms with E-state index < -0.39 is 23.2 Å². The van der Waals surface area contributed by atoms with Crippen LogP contribution in [0, 0.1) is 17.5 Å². The minimum atomic E-state index is -0.785. The van der Waals surface area contributed by atoms with Gasteiger partial charge in [0.15, 0.2) is 17.4 Å². The van der Waals surface area contributed by atoms with Gasteiger partial charge in [-0.25, -0.2) is 13.2 Å². The molecule has 0 amide bonds. The largest absolute Gasteiger partial charge is 0.483 e. The van der Waals surface area contributed by atoms with Crippen LogP contribution in [0.1, 0.15) is 11.1 Å². The third-order valence-corrected chi connectivity index (χ3v) is 3.52. The van der Waals surface area contributed by atoms with Gasteiger partial charge in [-0.2, -0.15) is 0 Å². The molecule has 0 fully saturated rings. The van der Waals surface area contributed by atoms with Crippen LogP contribution in [-0.2, 0) is 11.9 Å². The lowest BCUT2D eigenvalue weighted by Gasteiger charge is -2.10. The highest BCUT2D eigenvalue weighted by Gasteiger charge is 2.13.